The van der Waals surface area contributed by atoms with Gasteiger partial charge < -0.3 is 9.30 Å². The van der Waals surface area contributed by atoms with Crippen LogP contribution in [0.1, 0.15) is 21.7 Å². The van der Waals surface area contributed by atoms with E-state index in [1.165, 1.54) is 6.08 Å². The summed E-state index contributed by atoms with van der Waals surface area (Å²) in [6.07, 6.45) is 1.35. The number of hydrogen-bond donors (Lipinski definition) is 0. The Hall–Kier alpha value is -1.35. The van der Waals surface area contributed by atoms with Crippen LogP contribution in [0.4, 0.5) is 0 Å². The summed E-state index contributed by atoms with van der Waals surface area (Å²) in [5.74, 6) is -0.0215. The molecule has 0 fully saturated rings. The van der Waals surface area contributed by atoms with Crippen LogP contribution in [0.25, 0.3) is 0 Å². The molecule has 0 aliphatic rings. The molecule has 82 valence electrons. The largest absolute Gasteiger partial charge is 0.383 e. The van der Waals surface area contributed by atoms with E-state index in [2.05, 4.69) is 11.1 Å². The number of carbonyl (C=O) groups is 1. The summed E-state index contributed by atoms with van der Waals surface area (Å²) in [4.78, 5) is 11.5. The van der Waals surface area contributed by atoms with Crippen molar-refractivity contribution >= 4 is 5.78 Å². The Morgan fingerprint density at radius 2 is 2.27 bits per heavy atom. The fourth-order valence-electron chi connectivity index (χ4n) is 1.69. The Morgan fingerprint density at radius 1 is 1.60 bits per heavy atom. The Bertz CT molecular complexity index is 377. The number of allylic oxidation sites excluding steroid dienone is 1. The molecule has 0 aromatic carbocycles. The van der Waals surface area contributed by atoms with Crippen molar-refractivity contribution in [3.05, 3.63) is 35.7 Å². The van der Waals surface area contributed by atoms with Gasteiger partial charge in [0.2, 0.25) is 0 Å². The molecular formula is C12H17NO2. The Labute approximate surface area is 90.4 Å². The molecule has 0 amide bonds. The van der Waals surface area contributed by atoms with Crippen LogP contribution < -0.4 is 0 Å². The van der Waals surface area contributed by atoms with Crippen molar-refractivity contribution in [3.63, 3.8) is 0 Å². The standard InChI is InChI=1S/C12H17NO2/c1-5-12(14)11-8-9(2)13(10(11)3)6-7-15-4/h5,8H,1,6-7H2,2-4H3. The van der Waals surface area contributed by atoms with Gasteiger partial charge in [0.15, 0.2) is 5.78 Å². The van der Waals surface area contributed by atoms with Gasteiger partial charge in [0, 0.05) is 30.6 Å². The van der Waals surface area contributed by atoms with E-state index in [0.717, 1.165) is 23.5 Å². The van der Waals surface area contributed by atoms with E-state index in [4.69, 9.17) is 4.74 Å². The molecule has 0 saturated heterocycles. The van der Waals surface area contributed by atoms with Crippen LogP contribution in [-0.2, 0) is 11.3 Å². The lowest BCUT2D eigenvalue weighted by Crippen LogP contribution is -2.08. The zero-order valence-electron chi connectivity index (χ0n) is 9.54. The summed E-state index contributed by atoms with van der Waals surface area (Å²) >= 11 is 0. The zero-order valence-corrected chi connectivity index (χ0v) is 9.54. The molecule has 0 N–H and O–H groups in total. The first kappa shape index (κ1) is 11.7. The summed E-state index contributed by atoms with van der Waals surface area (Å²) in [6.45, 7) is 8.86. The van der Waals surface area contributed by atoms with Gasteiger partial charge in [-0.2, -0.15) is 0 Å². The molecule has 0 atom stereocenters. The van der Waals surface area contributed by atoms with Crippen LogP contribution in [0.2, 0.25) is 0 Å². The van der Waals surface area contributed by atoms with Crippen LogP contribution in [0.3, 0.4) is 0 Å². The van der Waals surface area contributed by atoms with Crippen molar-refractivity contribution in [1.82, 2.24) is 4.57 Å². The zero-order chi connectivity index (χ0) is 11.4. The van der Waals surface area contributed by atoms with Crippen LogP contribution in [0, 0.1) is 13.8 Å². The minimum absolute atomic E-state index is 0.0215. The Morgan fingerprint density at radius 3 is 2.80 bits per heavy atom. The van der Waals surface area contributed by atoms with E-state index < -0.39 is 0 Å². The highest BCUT2D eigenvalue weighted by molar-refractivity contribution is 6.05. The minimum atomic E-state index is -0.0215. The maximum absolute atomic E-state index is 11.5. The molecule has 1 aromatic heterocycles. The third-order valence-corrected chi connectivity index (χ3v) is 2.54. The van der Waals surface area contributed by atoms with E-state index in [-0.39, 0.29) is 5.78 Å². The highest BCUT2D eigenvalue weighted by atomic mass is 16.5. The lowest BCUT2D eigenvalue weighted by molar-refractivity contribution is 0.104. The quantitative estimate of drug-likeness (QED) is 0.547. The van der Waals surface area contributed by atoms with Crippen molar-refractivity contribution in [1.29, 1.82) is 0 Å². The molecule has 1 rings (SSSR count). The van der Waals surface area contributed by atoms with E-state index in [1.807, 2.05) is 19.9 Å². The first-order valence-electron chi connectivity index (χ1n) is 4.94. The predicted molar refractivity (Wildman–Crippen MR) is 60.3 cm³/mol. The van der Waals surface area contributed by atoms with E-state index >= 15 is 0 Å². The summed E-state index contributed by atoms with van der Waals surface area (Å²) in [6, 6.07) is 1.90. The number of methoxy groups -OCH3 is 1. The third-order valence-electron chi connectivity index (χ3n) is 2.54. The molecule has 0 aliphatic carbocycles. The number of hydrogen-bond acceptors (Lipinski definition) is 2. The molecule has 1 heterocycles. The second kappa shape index (κ2) is 4.94. The number of ketones is 1. The smallest absolute Gasteiger partial charge is 0.187 e. The first-order chi connectivity index (χ1) is 7.11. The van der Waals surface area contributed by atoms with Gasteiger partial charge in [-0.05, 0) is 26.0 Å². The summed E-state index contributed by atoms with van der Waals surface area (Å²) < 4.78 is 7.11. The fourth-order valence-corrected chi connectivity index (χ4v) is 1.69. The average Bonchev–Trinajstić information content (AvgIpc) is 2.51. The van der Waals surface area contributed by atoms with Crippen LogP contribution in [0.5, 0.6) is 0 Å². The van der Waals surface area contributed by atoms with Crippen molar-refractivity contribution in [2.24, 2.45) is 0 Å². The molecule has 3 heteroatoms. The first-order valence-corrected chi connectivity index (χ1v) is 4.94. The van der Waals surface area contributed by atoms with E-state index in [1.54, 1.807) is 7.11 Å². The maximum atomic E-state index is 11.5. The number of nitrogens with zero attached hydrogens (tertiary/aromatic N) is 1. The lowest BCUT2D eigenvalue weighted by atomic mass is 10.1. The number of carbonyl (C=O) groups excluding carboxylic acids is 1. The molecule has 0 saturated carbocycles. The van der Waals surface area contributed by atoms with Crippen molar-refractivity contribution in [2.75, 3.05) is 13.7 Å². The number of rotatable bonds is 5. The highest BCUT2D eigenvalue weighted by Crippen LogP contribution is 2.15. The summed E-state index contributed by atoms with van der Waals surface area (Å²) in [5.41, 5.74) is 2.79. The van der Waals surface area contributed by atoms with Crippen molar-refractivity contribution in [3.8, 4) is 0 Å². The number of aromatic nitrogens is 1. The average molecular weight is 207 g/mol. The number of aryl methyl sites for hydroxylation is 1. The second-order valence-electron chi connectivity index (χ2n) is 3.50. The molecule has 0 spiro atoms. The minimum Gasteiger partial charge on any atom is -0.383 e. The third kappa shape index (κ3) is 2.36. The highest BCUT2D eigenvalue weighted by Gasteiger charge is 2.12. The predicted octanol–water partition coefficient (Wildman–Crippen LogP) is 2.12. The van der Waals surface area contributed by atoms with Gasteiger partial charge in [-0.15, -0.1) is 0 Å². The SMILES string of the molecule is C=CC(=O)c1cc(C)n(CCOC)c1C. The van der Waals surface area contributed by atoms with Gasteiger partial charge >= 0.3 is 0 Å². The summed E-state index contributed by atoms with van der Waals surface area (Å²) in [5, 5.41) is 0. The van der Waals surface area contributed by atoms with Gasteiger partial charge in [-0.25, -0.2) is 0 Å². The van der Waals surface area contributed by atoms with E-state index in [9.17, 15) is 4.79 Å². The van der Waals surface area contributed by atoms with E-state index in [0.29, 0.717) is 6.61 Å². The number of ether oxygens (including phenoxy) is 1. The summed E-state index contributed by atoms with van der Waals surface area (Å²) in [7, 11) is 1.67. The van der Waals surface area contributed by atoms with Crippen LogP contribution in [0.15, 0.2) is 18.7 Å². The molecule has 0 unspecified atom stereocenters. The monoisotopic (exact) mass is 207 g/mol. The van der Waals surface area contributed by atoms with Gasteiger partial charge in [0.1, 0.15) is 0 Å². The van der Waals surface area contributed by atoms with Gasteiger partial charge in [-0.3, -0.25) is 4.79 Å². The van der Waals surface area contributed by atoms with Crippen molar-refractivity contribution < 1.29 is 9.53 Å². The normalized spacial score (nSPS) is 10.3. The maximum Gasteiger partial charge on any atom is 0.187 e. The second-order valence-corrected chi connectivity index (χ2v) is 3.50. The molecule has 1 aromatic rings. The molecular weight excluding hydrogens is 190 g/mol. The Balaban J connectivity index is 3.03. The van der Waals surface area contributed by atoms with Crippen molar-refractivity contribution in [2.45, 2.75) is 20.4 Å². The van der Waals surface area contributed by atoms with Crippen LogP contribution >= 0.6 is 0 Å². The molecule has 0 bridgehead atoms. The molecule has 0 radical (unpaired) electrons. The fraction of sp³-hybridized carbons (Fsp3) is 0.417. The molecule has 3 nitrogen and oxygen atoms in total. The van der Waals surface area contributed by atoms with Gasteiger partial charge in [0.25, 0.3) is 0 Å². The molecule has 15 heavy (non-hydrogen) atoms. The van der Waals surface area contributed by atoms with Crippen LogP contribution in [-0.4, -0.2) is 24.1 Å². The lowest BCUT2D eigenvalue weighted by Gasteiger charge is -2.08. The Kier molecular flexibility index (Phi) is 3.86. The van der Waals surface area contributed by atoms with Gasteiger partial charge in [-0.1, -0.05) is 6.58 Å². The topological polar surface area (TPSA) is 31.2 Å². The molecule has 0 aliphatic heterocycles. The van der Waals surface area contributed by atoms with Gasteiger partial charge in [0.05, 0.1) is 6.61 Å².